The molecule has 3 heteroatoms. The lowest BCUT2D eigenvalue weighted by Crippen LogP contribution is -2.44. The first kappa shape index (κ1) is 14.4. The van der Waals surface area contributed by atoms with E-state index in [4.69, 9.17) is 4.74 Å². The Hall–Kier alpha value is -0.570. The van der Waals surface area contributed by atoms with Crippen molar-refractivity contribution in [2.45, 2.75) is 46.6 Å². The van der Waals surface area contributed by atoms with Crippen LogP contribution in [-0.4, -0.2) is 23.8 Å². The minimum atomic E-state index is -0.991. The van der Waals surface area contributed by atoms with Crippen molar-refractivity contribution in [3.63, 3.8) is 0 Å². The minimum Gasteiger partial charge on any atom is -0.469 e. The second-order valence-electron chi connectivity index (χ2n) is 5.20. The molecule has 0 aliphatic carbocycles. The molecule has 2 unspecified atom stereocenters. The van der Waals surface area contributed by atoms with E-state index in [0.29, 0.717) is 12.3 Å². The number of carbonyl (C=O) groups excluding carboxylic acids is 1. The number of hydrogen-bond donors (Lipinski definition) is 1. The van der Waals surface area contributed by atoms with Gasteiger partial charge in [-0.2, -0.15) is 0 Å². The quantitative estimate of drug-likeness (QED) is 0.717. The number of rotatable bonds is 5. The van der Waals surface area contributed by atoms with E-state index in [1.807, 2.05) is 27.7 Å². The van der Waals surface area contributed by atoms with Gasteiger partial charge in [-0.25, -0.2) is 0 Å². The summed E-state index contributed by atoms with van der Waals surface area (Å²) in [4.78, 5) is 11.6. The Labute approximate surface area is 92.8 Å². The molecule has 0 bridgehead atoms. The van der Waals surface area contributed by atoms with Gasteiger partial charge in [0.05, 0.1) is 18.6 Å². The van der Waals surface area contributed by atoms with Crippen molar-refractivity contribution in [3.8, 4) is 0 Å². The number of ether oxygens (including phenoxy) is 1. The van der Waals surface area contributed by atoms with Gasteiger partial charge >= 0.3 is 5.97 Å². The number of aliphatic hydroxyl groups is 1. The van der Waals surface area contributed by atoms with Gasteiger partial charge in [0.25, 0.3) is 0 Å². The molecule has 0 fully saturated rings. The van der Waals surface area contributed by atoms with Crippen LogP contribution in [-0.2, 0) is 9.53 Å². The van der Waals surface area contributed by atoms with Crippen molar-refractivity contribution in [1.29, 1.82) is 0 Å². The molecule has 1 N–H and O–H groups in total. The highest BCUT2D eigenvalue weighted by Gasteiger charge is 2.40. The van der Waals surface area contributed by atoms with E-state index in [0.717, 1.165) is 0 Å². The fourth-order valence-electron chi connectivity index (χ4n) is 2.32. The Bertz CT molecular complexity index is 207. The van der Waals surface area contributed by atoms with Gasteiger partial charge in [-0.05, 0) is 25.2 Å². The van der Waals surface area contributed by atoms with Crippen LogP contribution in [0, 0.1) is 17.8 Å². The maximum Gasteiger partial charge on any atom is 0.311 e. The summed E-state index contributed by atoms with van der Waals surface area (Å²) in [6.45, 7) is 9.63. The van der Waals surface area contributed by atoms with E-state index in [1.165, 1.54) is 7.11 Å². The SMILES string of the molecule is COC(=O)C(C(C)C)C(C)(O)CC(C)C. The molecule has 0 radical (unpaired) electrons. The zero-order valence-corrected chi connectivity index (χ0v) is 10.7. The molecule has 0 amide bonds. The van der Waals surface area contributed by atoms with Gasteiger partial charge in [-0.1, -0.05) is 27.7 Å². The van der Waals surface area contributed by atoms with E-state index in [2.05, 4.69) is 0 Å². The van der Waals surface area contributed by atoms with Crippen molar-refractivity contribution in [2.75, 3.05) is 7.11 Å². The fourth-order valence-corrected chi connectivity index (χ4v) is 2.32. The topological polar surface area (TPSA) is 46.5 Å². The molecule has 0 heterocycles. The third-order valence-electron chi connectivity index (χ3n) is 2.61. The highest BCUT2D eigenvalue weighted by atomic mass is 16.5. The lowest BCUT2D eigenvalue weighted by molar-refractivity contribution is -0.159. The fraction of sp³-hybridized carbons (Fsp3) is 0.917. The predicted octanol–water partition coefficient (Wildman–Crippen LogP) is 2.23. The summed E-state index contributed by atoms with van der Waals surface area (Å²) >= 11 is 0. The largest absolute Gasteiger partial charge is 0.469 e. The Morgan fingerprint density at radius 1 is 1.33 bits per heavy atom. The second-order valence-corrected chi connectivity index (χ2v) is 5.20. The van der Waals surface area contributed by atoms with Crippen LogP contribution in [0.4, 0.5) is 0 Å². The second kappa shape index (κ2) is 5.50. The van der Waals surface area contributed by atoms with E-state index in [1.54, 1.807) is 6.92 Å². The zero-order chi connectivity index (χ0) is 12.2. The average Bonchev–Trinajstić information content (AvgIpc) is 1.99. The van der Waals surface area contributed by atoms with Gasteiger partial charge in [0.1, 0.15) is 0 Å². The number of hydrogen-bond acceptors (Lipinski definition) is 3. The number of carbonyl (C=O) groups is 1. The first-order valence-corrected chi connectivity index (χ1v) is 5.52. The normalized spacial score (nSPS) is 17.7. The van der Waals surface area contributed by atoms with Gasteiger partial charge in [0.15, 0.2) is 0 Å². The van der Waals surface area contributed by atoms with Gasteiger partial charge < -0.3 is 9.84 Å². The van der Waals surface area contributed by atoms with Crippen molar-refractivity contribution in [3.05, 3.63) is 0 Å². The third kappa shape index (κ3) is 4.20. The molecule has 15 heavy (non-hydrogen) atoms. The van der Waals surface area contributed by atoms with Gasteiger partial charge in [-0.15, -0.1) is 0 Å². The number of esters is 1. The molecule has 0 spiro atoms. The van der Waals surface area contributed by atoms with Crippen LogP contribution in [0.5, 0.6) is 0 Å². The van der Waals surface area contributed by atoms with Crippen molar-refractivity contribution in [2.24, 2.45) is 17.8 Å². The molecule has 0 saturated heterocycles. The van der Waals surface area contributed by atoms with E-state index >= 15 is 0 Å². The summed E-state index contributed by atoms with van der Waals surface area (Å²) in [5.74, 6) is -0.349. The van der Waals surface area contributed by atoms with Crippen LogP contribution in [0.2, 0.25) is 0 Å². The maximum absolute atomic E-state index is 11.6. The molecule has 0 rings (SSSR count). The van der Waals surface area contributed by atoms with Crippen LogP contribution >= 0.6 is 0 Å². The van der Waals surface area contributed by atoms with E-state index in [9.17, 15) is 9.90 Å². The standard InChI is InChI=1S/C12H24O3/c1-8(2)7-12(5,14)10(9(3)4)11(13)15-6/h8-10,14H,7H2,1-6H3. The maximum atomic E-state index is 11.6. The number of methoxy groups -OCH3 is 1. The lowest BCUT2D eigenvalue weighted by Gasteiger charge is -2.34. The van der Waals surface area contributed by atoms with Crippen LogP contribution in [0.3, 0.4) is 0 Å². The molecule has 3 nitrogen and oxygen atoms in total. The van der Waals surface area contributed by atoms with E-state index in [-0.39, 0.29) is 11.9 Å². The first-order valence-electron chi connectivity index (χ1n) is 5.52. The van der Waals surface area contributed by atoms with Crippen LogP contribution in [0.15, 0.2) is 0 Å². The molecular weight excluding hydrogens is 192 g/mol. The summed E-state index contributed by atoms with van der Waals surface area (Å²) in [5, 5.41) is 10.3. The monoisotopic (exact) mass is 216 g/mol. The summed E-state index contributed by atoms with van der Waals surface area (Å²) in [7, 11) is 1.36. The zero-order valence-electron chi connectivity index (χ0n) is 10.7. The van der Waals surface area contributed by atoms with Crippen molar-refractivity contribution in [1.82, 2.24) is 0 Å². The molecular formula is C12H24O3. The third-order valence-corrected chi connectivity index (χ3v) is 2.61. The molecule has 0 aromatic rings. The van der Waals surface area contributed by atoms with Crippen LogP contribution < -0.4 is 0 Å². The van der Waals surface area contributed by atoms with Crippen LogP contribution in [0.1, 0.15) is 41.0 Å². The summed E-state index contributed by atoms with van der Waals surface area (Å²) in [6.07, 6.45) is 0.602. The van der Waals surface area contributed by atoms with Crippen molar-refractivity contribution >= 4 is 5.97 Å². The van der Waals surface area contributed by atoms with E-state index < -0.39 is 11.5 Å². The average molecular weight is 216 g/mol. The predicted molar refractivity (Wildman–Crippen MR) is 60.4 cm³/mol. The smallest absolute Gasteiger partial charge is 0.311 e. The Kier molecular flexibility index (Phi) is 5.29. The van der Waals surface area contributed by atoms with Crippen molar-refractivity contribution < 1.29 is 14.6 Å². The van der Waals surface area contributed by atoms with Gasteiger partial charge in [0, 0.05) is 0 Å². The highest BCUT2D eigenvalue weighted by molar-refractivity contribution is 5.74. The van der Waals surface area contributed by atoms with Crippen LogP contribution in [0.25, 0.3) is 0 Å². The Balaban J connectivity index is 4.81. The summed E-state index contributed by atoms with van der Waals surface area (Å²) < 4.78 is 4.74. The van der Waals surface area contributed by atoms with Gasteiger partial charge in [0.2, 0.25) is 0 Å². The molecule has 0 aromatic heterocycles. The Morgan fingerprint density at radius 2 is 1.80 bits per heavy atom. The molecule has 0 aliphatic rings. The highest BCUT2D eigenvalue weighted by Crippen LogP contribution is 2.31. The molecule has 90 valence electrons. The Morgan fingerprint density at radius 3 is 2.07 bits per heavy atom. The molecule has 0 saturated carbocycles. The minimum absolute atomic E-state index is 0.0752. The summed E-state index contributed by atoms with van der Waals surface area (Å²) in [6, 6.07) is 0. The summed E-state index contributed by atoms with van der Waals surface area (Å²) in [5.41, 5.74) is -0.991. The lowest BCUT2D eigenvalue weighted by atomic mass is 9.76. The van der Waals surface area contributed by atoms with Gasteiger partial charge in [-0.3, -0.25) is 4.79 Å². The molecule has 2 atom stereocenters. The first-order chi connectivity index (χ1) is 6.72. The molecule has 0 aliphatic heterocycles. The molecule has 0 aromatic carbocycles.